The van der Waals surface area contributed by atoms with Crippen molar-refractivity contribution >= 4 is 6.09 Å². The molecular weight excluding hydrogens is 268 g/mol. The van der Waals surface area contributed by atoms with E-state index in [1.54, 1.807) is 7.11 Å². The van der Waals surface area contributed by atoms with Crippen LogP contribution in [0.25, 0.3) is 11.3 Å². The van der Waals surface area contributed by atoms with Gasteiger partial charge in [0.2, 0.25) is 0 Å². The number of hydrogen-bond donors (Lipinski definition) is 0. The zero-order valence-corrected chi connectivity index (χ0v) is 13.0. The largest absolute Gasteiger partial charge is 0.497 e. The van der Waals surface area contributed by atoms with Gasteiger partial charge < -0.3 is 9.47 Å². The molecule has 0 aliphatic heterocycles. The summed E-state index contributed by atoms with van der Waals surface area (Å²) in [4.78, 5) is 12.1. The van der Waals surface area contributed by atoms with Crippen LogP contribution < -0.4 is 4.74 Å². The zero-order chi connectivity index (χ0) is 15.6. The monoisotopic (exact) mass is 288 g/mol. The van der Waals surface area contributed by atoms with E-state index in [1.807, 2.05) is 58.0 Å². The van der Waals surface area contributed by atoms with Gasteiger partial charge in [-0.05, 0) is 45.9 Å². The number of benzene rings is 1. The van der Waals surface area contributed by atoms with Gasteiger partial charge in [0.15, 0.2) is 0 Å². The third-order valence-corrected chi connectivity index (χ3v) is 2.82. The standard InChI is InChI=1S/C16H20N2O3/c1-11-9-14(12-7-6-8-13(10-12)20-5)17-18(11)15(19)21-16(2,3)4/h6-10H,1-5H3. The smallest absolute Gasteiger partial charge is 0.435 e. The molecule has 0 saturated heterocycles. The van der Waals surface area contributed by atoms with Gasteiger partial charge in [0, 0.05) is 11.3 Å². The van der Waals surface area contributed by atoms with Crippen molar-refractivity contribution in [3.8, 4) is 17.0 Å². The molecule has 5 heteroatoms. The third kappa shape index (κ3) is 3.62. The Hall–Kier alpha value is -2.30. The fourth-order valence-electron chi connectivity index (χ4n) is 1.89. The molecule has 0 amide bonds. The number of hydrogen-bond acceptors (Lipinski definition) is 4. The van der Waals surface area contributed by atoms with Gasteiger partial charge >= 0.3 is 6.09 Å². The molecular formula is C16H20N2O3. The molecule has 112 valence electrons. The first kappa shape index (κ1) is 15.1. The molecule has 0 aliphatic carbocycles. The Balaban J connectivity index is 2.32. The number of methoxy groups -OCH3 is 1. The summed E-state index contributed by atoms with van der Waals surface area (Å²) in [6.45, 7) is 7.30. The maximum Gasteiger partial charge on any atom is 0.435 e. The maximum absolute atomic E-state index is 12.1. The summed E-state index contributed by atoms with van der Waals surface area (Å²) in [6.07, 6.45) is -0.478. The van der Waals surface area contributed by atoms with E-state index >= 15 is 0 Å². The topological polar surface area (TPSA) is 53.4 Å². The minimum Gasteiger partial charge on any atom is -0.497 e. The predicted octanol–water partition coefficient (Wildman–Crippen LogP) is 3.65. The fraction of sp³-hybridized carbons (Fsp3) is 0.375. The highest BCUT2D eigenvalue weighted by Gasteiger charge is 2.20. The van der Waals surface area contributed by atoms with Gasteiger partial charge in [-0.2, -0.15) is 9.78 Å². The quantitative estimate of drug-likeness (QED) is 0.846. The van der Waals surface area contributed by atoms with E-state index < -0.39 is 11.7 Å². The van der Waals surface area contributed by atoms with Gasteiger partial charge in [-0.15, -0.1) is 0 Å². The number of carbonyl (C=O) groups excluding carboxylic acids is 1. The van der Waals surface area contributed by atoms with E-state index in [9.17, 15) is 4.79 Å². The van der Waals surface area contributed by atoms with Crippen LogP contribution in [-0.2, 0) is 4.74 Å². The molecule has 0 saturated carbocycles. The van der Waals surface area contributed by atoms with Gasteiger partial charge in [-0.25, -0.2) is 4.79 Å². The number of aromatic nitrogens is 2. The number of ether oxygens (including phenoxy) is 2. The highest BCUT2D eigenvalue weighted by Crippen LogP contribution is 2.23. The van der Waals surface area contributed by atoms with E-state index in [2.05, 4.69) is 5.10 Å². The van der Waals surface area contributed by atoms with Gasteiger partial charge in [-0.1, -0.05) is 12.1 Å². The Kier molecular flexibility index (Phi) is 4.02. The van der Waals surface area contributed by atoms with Gasteiger partial charge in [-0.3, -0.25) is 0 Å². The van der Waals surface area contributed by atoms with E-state index in [0.717, 1.165) is 17.0 Å². The molecule has 0 bridgehead atoms. The van der Waals surface area contributed by atoms with E-state index in [1.165, 1.54) is 4.68 Å². The van der Waals surface area contributed by atoms with Crippen LogP contribution in [-0.4, -0.2) is 28.6 Å². The summed E-state index contributed by atoms with van der Waals surface area (Å²) in [6, 6.07) is 9.39. The van der Waals surface area contributed by atoms with E-state index in [4.69, 9.17) is 9.47 Å². The van der Waals surface area contributed by atoms with Gasteiger partial charge in [0.1, 0.15) is 11.4 Å². The van der Waals surface area contributed by atoms with E-state index in [-0.39, 0.29) is 0 Å². The summed E-state index contributed by atoms with van der Waals surface area (Å²) in [5.74, 6) is 0.747. The van der Waals surface area contributed by atoms with Crippen molar-refractivity contribution < 1.29 is 14.3 Å². The molecule has 1 aromatic carbocycles. The van der Waals surface area contributed by atoms with Crippen LogP contribution in [0, 0.1) is 6.92 Å². The number of nitrogens with zero attached hydrogens (tertiary/aromatic N) is 2. The van der Waals surface area contributed by atoms with Crippen molar-refractivity contribution in [2.45, 2.75) is 33.3 Å². The third-order valence-electron chi connectivity index (χ3n) is 2.82. The normalized spacial score (nSPS) is 11.3. The Morgan fingerprint density at radius 2 is 1.95 bits per heavy atom. The van der Waals surface area contributed by atoms with Crippen molar-refractivity contribution in [3.63, 3.8) is 0 Å². The molecule has 1 aromatic heterocycles. The number of carbonyl (C=O) groups is 1. The molecule has 0 N–H and O–H groups in total. The van der Waals surface area contributed by atoms with Crippen LogP contribution in [0.5, 0.6) is 5.75 Å². The molecule has 0 fully saturated rings. The summed E-state index contributed by atoms with van der Waals surface area (Å²) in [5.41, 5.74) is 1.77. The summed E-state index contributed by atoms with van der Waals surface area (Å²) in [7, 11) is 1.61. The van der Waals surface area contributed by atoms with Crippen molar-refractivity contribution in [1.29, 1.82) is 0 Å². The van der Waals surface area contributed by atoms with Crippen LogP contribution in [0.1, 0.15) is 26.5 Å². The molecule has 2 aromatic rings. The molecule has 0 unspecified atom stereocenters. The summed E-state index contributed by atoms with van der Waals surface area (Å²) in [5, 5.41) is 4.33. The van der Waals surface area contributed by atoms with Crippen LogP contribution in [0.2, 0.25) is 0 Å². The lowest BCUT2D eigenvalue weighted by atomic mass is 10.1. The first-order valence-electron chi connectivity index (χ1n) is 6.74. The highest BCUT2D eigenvalue weighted by atomic mass is 16.6. The Morgan fingerprint density at radius 1 is 1.24 bits per heavy atom. The molecule has 2 rings (SSSR count). The first-order valence-corrected chi connectivity index (χ1v) is 6.74. The fourth-order valence-corrected chi connectivity index (χ4v) is 1.89. The second kappa shape index (κ2) is 5.60. The molecule has 0 radical (unpaired) electrons. The Bertz CT molecular complexity index is 654. The second-order valence-corrected chi connectivity index (χ2v) is 5.80. The summed E-state index contributed by atoms with van der Waals surface area (Å²) < 4.78 is 11.8. The second-order valence-electron chi connectivity index (χ2n) is 5.80. The van der Waals surface area contributed by atoms with Gasteiger partial charge in [0.25, 0.3) is 0 Å². The SMILES string of the molecule is COc1cccc(-c2cc(C)n(C(=O)OC(C)(C)C)n2)c1. The lowest BCUT2D eigenvalue weighted by molar-refractivity contribution is 0.0511. The van der Waals surface area contributed by atoms with Crippen molar-refractivity contribution in [2.24, 2.45) is 0 Å². The molecule has 5 nitrogen and oxygen atoms in total. The maximum atomic E-state index is 12.1. The average Bonchev–Trinajstić information content (AvgIpc) is 2.79. The number of aryl methyl sites for hydroxylation is 1. The summed E-state index contributed by atoms with van der Waals surface area (Å²) >= 11 is 0. The van der Waals surface area contributed by atoms with Crippen molar-refractivity contribution in [3.05, 3.63) is 36.0 Å². The van der Waals surface area contributed by atoms with Crippen LogP contribution in [0.15, 0.2) is 30.3 Å². The Labute approximate surface area is 124 Å². The Morgan fingerprint density at radius 3 is 2.57 bits per heavy atom. The van der Waals surface area contributed by atoms with Crippen molar-refractivity contribution in [2.75, 3.05) is 7.11 Å². The predicted molar refractivity (Wildman–Crippen MR) is 80.6 cm³/mol. The lowest BCUT2D eigenvalue weighted by Gasteiger charge is -2.19. The minimum absolute atomic E-state index is 0.478. The molecule has 0 aliphatic rings. The van der Waals surface area contributed by atoms with E-state index in [0.29, 0.717) is 5.69 Å². The minimum atomic E-state index is -0.550. The molecule has 0 spiro atoms. The van der Waals surface area contributed by atoms with Crippen LogP contribution >= 0.6 is 0 Å². The van der Waals surface area contributed by atoms with Crippen LogP contribution in [0.3, 0.4) is 0 Å². The van der Waals surface area contributed by atoms with Crippen molar-refractivity contribution in [1.82, 2.24) is 9.78 Å². The molecule has 1 heterocycles. The first-order chi connectivity index (χ1) is 9.80. The van der Waals surface area contributed by atoms with Gasteiger partial charge in [0.05, 0.1) is 12.8 Å². The zero-order valence-electron chi connectivity index (χ0n) is 13.0. The lowest BCUT2D eigenvalue weighted by Crippen LogP contribution is -2.28. The average molecular weight is 288 g/mol. The number of rotatable bonds is 2. The highest BCUT2D eigenvalue weighted by molar-refractivity contribution is 5.73. The molecule has 0 atom stereocenters. The molecule has 21 heavy (non-hydrogen) atoms. The van der Waals surface area contributed by atoms with Crippen LogP contribution in [0.4, 0.5) is 4.79 Å².